The summed E-state index contributed by atoms with van der Waals surface area (Å²) in [5.74, 6) is 0.202. The molecule has 2 aromatic rings. The lowest BCUT2D eigenvalue weighted by molar-refractivity contribution is -0.385. The first-order valence-electron chi connectivity index (χ1n) is 6.00. The molecule has 0 unspecified atom stereocenters. The predicted octanol–water partition coefficient (Wildman–Crippen LogP) is 3.86. The van der Waals surface area contributed by atoms with Crippen molar-refractivity contribution in [3.8, 4) is 5.75 Å². The minimum absolute atomic E-state index is 0.0759. The maximum absolute atomic E-state index is 10.8. The number of anilines is 1. The highest BCUT2D eigenvalue weighted by atomic mass is 35.5. The summed E-state index contributed by atoms with van der Waals surface area (Å²) >= 11 is 11.9. The topological polar surface area (TPSA) is 69.3 Å². The van der Waals surface area contributed by atoms with Gasteiger partial charge in [0.1, 0.15) is 5.15 Å². The summed E-state index contributed by atoms with van der Waals surface area (Å²) in [5, 5.41) is 14.9. The molecule has 0 fully saturated rings. The third-order valence-corrected chi connectivity index (χ3v) is 3.91. The largest absolute Gasteiger partial charge is 0.490 e. The van der Waals surface area contributed by atoms with Crippen LogP contribution in [0.4, 0.5) is 11.4 Å². The van der Waals surface area contributed by atoms with Gasteiger partial charge in [0, 0.05) is 30.6 Å². The zero-order chi connectivity index (χ0) is 15.6. The fraction of sp³-hybridized carbons (Fsp3) is 0.231. The first-order chi connectivity index (χ1) is 9.93. The molecule has 1 aromatic heterocycles. The Morgan fingerprint density at radius 1 is 1.38 bits per heavy atom. The Hall–Kier alpha value is -1.92. The highest BCUT2D eigenvalue weighted by Crippen LogP contribution is 2.30. The number of benzene rings is 1. The number of nitrogens with zero attached hydrogens (tertiary/aromatic N) is 2. The summed E-state index contributed by atoms with van der Waals surface area (Å²) in [5.41, 5.74) is 1.52. The molecule has 1 aromatic carbocycles. The van der Waals surface area contributed by atoms with Crippen LogP contribution in [0.5, 0.6) is 5.75 Å². The number of aromatic nitrogens is 1. The van der Waals surface area contributed by atoms with Crippen molar-refractivity contribution in [2.24, 2.45) is 7.05 Å². The van der Waals surface area contributed by atoms with Crippen molar-refractivity contribution in [2.75, 3.05) is 12.4 Å². The van der Waals surface area contributed by atoms with Crippen molar-refractivity contribution in [1.29, 1.82) is 0 Å². The summed E-state index contributed by atoms with van der Waals surface area (Å²) in [6, 6.07) is 6.35. The molecule has 21 heavy (non-hydrogen) atoms. The molecular formula is C13H13Cl2N3O3. The number of nitro groups is 1. The second-order valence-electron chi connectivity index (χ2n) is 4.33. The first kappa shape index (κ1) is 15.5. The SMILES string of the molecule is COc1cc(NCc2cc(Cl)c(Cl)n2C)ccc1[N+](=O)[O-]. The summed E-state index contributed by atoms with van der Waals surface area (Å²) in [6.45, 7) is 0.476. The monoisotopic (exact) mass is 329 g/mol. The Bertz CT molecular complexity index is 686. The van der Waals surface area contributed by atoms with Gasteiger partial charge in [-0.3, -0.25) is 10.1 Å². The minimum atomic E-state index is -0.487. The van der Waals surface area contributed by atoms with E-state index >= 15 is 0 Å². The molecule has 0 saturated heterocycles. The Labute approximate surface area is 131 Å². The molecule has 0 saturated carbocycles. The number of hydrogen-bond donors (Lipinski definition) is 1. The van der Waals surface area contributed by atoms with E-state index in [1.165, 1.54) is 13.2 Å². The lowest BCUT2D eigenvalue weighted by Crippen LogP contribution is -2.05. The van der Waals surface area contributed by atoms with E-state index in [9.17, 15) is 10.1 Å². The van der Waals surface area contributed by atoms with Gasteiger partial charge in [-0.1, -0.05) is 23.2 Å². The summed E-state index contributed by atoms with van der Waals surface area (Å²) in [6.07, 6.45) is 0. The predicted molar refractivity (Wildman–Crippen MR) is 82.4 cm³/mol. The third kappa shape index (κ3) is 3.22. The summed E-state index contributed by atoms with van der Waals surface area (Å²) in [4.78, 5) is 10.3. The van der Waals surface area contributed by atoms with Crippen molar-refractivity contribution in [3.05, 3.63) is 50.2 Å². The molecule has 8 heteroatoms. The summed E-state index contributed by atoms with van der Waals surface area (Å²) in [7, 11) is 3.20. The van der Waals surface area contributed by atoms with Gasteiger partial charge in [-0.05, 0) is 12.1 Å². The molecule has 112 valence electrons. The molecule has 6 nitrogen and oxygen atoms in total. The highest BCUT2D eigenvalue weighted by molar-refractivity contribution is 6.41. The van der Waals surface area contributed by atoms with E-state index in [2.05, 4.69) is 5.32 Å². The number of methoxy groups -OCH3 is 1. The maximum Gasteiger partial charge on any atom is 0.311 e. The second-order valence-corrected chi connectivity index (χ2v) is 5.10. The van der Waals surface area contributed by atoms with E-state index in [-0.39, 0.29) is 11.4 Å². The van der Waals surface area contributed by atoms with Crippen LogP contribution in [0.3, 0.4) is 0 Å². The van der Waals surface area contributed by atoms with Gasteiger partial charge in [0.25, 0.3) is 0 Å². The van der Waals surface area contributed by atoms with Crippen molar-refractivity contribution in [2.45, 2.75) is 6.54 Å². The molecule has 0 radical (unpaired) electrons. The molecule has 1 N–H and O–H groups in total. The Morgan fingerprint density at radius 3 is 2.62 bits per heavy atom. The maximum atomic E-state index is 10.8. The number of nitrogens with one attached hydrogen (secondary N) is 1. The van der Waals surface area contributed by atoms with Gasteiger partial charge in [0.15, 0.2) is 5.75 Å². The average molecular weight is 330 g/mol. The number of rotatable bonds is 5. The van der Waals surface area contributed by atoms with E-state index in [1.54, 1.807) is 22.8 Å². The van der Waals surface area contributed by atoms with Crippen molar-refractivity contribution >= 4 is 34.6 Å². The molecule has 0 aliphatic carbocycles. The summed E-state index contributed by atoms with van der Waals surface area (Å²) < 4.78 is 6.78. The van der Waals surface area contributed by atoms with E-state index in [1.807, 2.05) is 7.05 Å². The van der Waals surface area contributed by atoms with Crippen LogP contribution in [0.2, 0.25) is 10.2 Å². The van der Waals surface area contributed by atoms with E-state index in [0.717, 1.165) is 5.69 Å². The van der Waals surface area contributed by atoms with Crippen molar-refractivity contribution in [3.63, 3.8) is 0 Å². The van der Waals surface area contributed by atoms with Crippen LogP contribution in [0, 0.1) is 10.1 Å². The van der Waals surface area contributed by atoms with Crippen LogP contribution in [-0.2, 0) is 13.6 Å². The van der Waals surface area contributed by atoms with Crippen molar-refractivity contribution < 1.29 is 9.66 Å². The Kier molecular flexibility index (Phi) is 4.59. The Morgan fingerprint density at radius 2 is 2.10 bits per heavy atom. The lowest BCUT2D eigenvalue weighted by Gasteiger charge is -2.09. The molecule has 0 spiro atoms. The van der Waals surface area contributed by atoms with Gasteiger partial charge in [0.2, 0.25) is 0 Å². The smallest absolute Gasteiger partial charge is 0.311 e. The van der Waals surface area contributed by atoms with Crippen LogP contribution in [0.15, 0.2) is 24.3 Å². The highest BCUT2D eigenvalue weighted by Gasteiger charge is 2.15. The molecule has 1 heterocycles. The molecule has 0 aliphatic rings. The average Bonchev–Trinajstić information content (AvgIpc) is 2.71. The molecule has 0 bridgehead atoms. The van der Waals surface area contributed by atoms with Gasteiger partial charge >= 0.3 is 5.69 Å². The minimum Gasteiger partial charge on any atom is -0.490 e. The zero-order valence-corrected chi connectivity index (χ0v) is 12.9. The van der Waals surface area contributed by atoms with Crippen LogP contribution in [0.1, 0.15) is 5.69 Å². The van der Waals surface area contributed by atoms with Crippen LogP contribution in [-0.4, -0.2) is 16.6 Å². The molecule has 0 aliphatic heterocycles. The molecule has 0 atom stereocenters. The van der Waals surface area contributed by atoms with E-state index in [4.69, 9.17) is 27.9 Å². The zero-order valence-electron chi connectivity index (χ0n) is 11.4. The molecule has 0 amide bonds. The fourth-order valence-corrected chi connectivity index (χ4v) is 2.31. The van der Waals surface area contributed by atoms with E-state index in [0.29, 0.717) is 22.4 Å². The first-order valence-corrected chi connectivity index (χ1v) is 6.75. The van der Waals surface area contributed by atoms with Crippen molar-refractivity contribution in [1.82, 2.24) is 4.57 Å². The van der Waals surface area contributed by atoms with Crippen LogP contribution >= 0.6 is 23.2 Å². The number of halogens is 2. The lowest BCUT2D eigenvalue weighted by atomic mass is 10.2. The second kappa shape index (κ2) is 6.24. The molecular weight excluding hydrogens is 317 g/mol. The normalized spacial score (nSPS) is 10.5. The van der Waals surface area contributed by atoms with E-state index < -0.39 is 4.92 Å². The standard InChI is InChI=1S/C13H13Cl2N3O3/c1-17-9(6-10(14)13(17)15)7-16-8-3-4-11(18(19)20)12(5-8)21-2/h3-6,16H,7H2,1-2H3. The van der Waals surface area contributed by atoms with Crippen LogP contribution in [0.25, 0.3) is 0 Å². The van der Waals surface area contributed by atoms with Gasteiger partial charge in [-0.15, -0.1) is 0 Å². The Balaban J connectivity index is 2.17. The van der Waals surface area contributed by atoms with Gasteiger partial charge in [0.05, 0.1) is 23.6 Å². The van der Waals surface area contributed by atoms with Gasteiger partial charge in [-0.2, -0.15) is 0 Å². The van der Waals surface area contributed by atoms with Gasteiger partial charge in [-0.25, -0.2) is 0 Å². The fourth-order valence-electron chi connectivity index (χ4n) is 1.89. The number of ether oxygens (including phenoxy) is 1. The molecule has 2 rings (SSSR count). The number of nitro benzene ring substituents is 1. The van der Waals surface area contributed by atoms with Gasteiger partial charge < -0.3 is 14.6 Å². The van der Waals surface area contributed by atoms with Crippen LogP contribution < -0.4 is 10.1 Å². The quantitative estimate of drug-likeness (QED) is 0.668. The number of hydrogen-bond acceptors (Lipinski definition) is 4. The third-order valence-electron chi connectivity index (χ3n) is 3.07.